The fourth-order valence-corrected chi connectivity index (χ4v) is 2.17. The highest BCUT2D eigenvalue weighted by Crippen LogP contribution is 2.16. The molecule has 0 saturated heterocycles. The van der Waals surface area contributed by atoms with E-state index < -0.39 is 37.6 Å². The zero-order chi connectivity index (χ0) is 17.4. The minimum atomic E-state index is -1.37. The molecule has 24 heavy (non-hydrogen) atoms. The summed E-state index contributed by atoms with van der Waals surface area (Å²) in [4.78, 5) is 0. The second-order valence-electron chi connectivity index (χ2n) is 5.21. The molecule has 2 aromatic heterocycles. The lowest BCUT2D eigenvalue weighted by Crippen LogP contribution is -2.49. The lowest BCUT2D eigenvalue weighted by molar-refractivity contribution is -0.170. The predicted octanol–water partition coefficient (Wildman–Crippen LogP) is 0.0496. The molecule has 2 heterocycles. The minimum absolute atomic E-state index is 0.0118. The zero-order valence-corrected chi connectivity index (χ0v) is 13.0. The van der Waals surface area contributed by atoms with Crippen LogP contribution in [0.5, 0.6) is 0 Å². The van der Waals surface area contributed by atoms with Crippen LogP contribution in [0.25, 0.3) is 0 Å². The van der Waals surface area contributed by atoms with Crippen molar-refractivity contribution in [2.75, 3.05) is 13.2 Å². The summed E-state index contributed by atoms with van der Waals surface area (Å²) in [5, 5.41) is 38.9. The van der Waals surface area contributed by atoms with Crippen molar-refractivity contribution in [3.63, 3.8) is 0 Å². The van der Waals surface area contributed by atoms with Crippen molar-refractivity contribution in [2.45, 2.75) is 37.6 Å². The fourth-order valence-electron chi connectivity index (χ4n) is 2.17. The Morgan fingerprint density at radius 3 is 1.92 bits per heavy atom. The van der Waals surface area contributed by atoms with Gasteiger partial charge in [-0.25, -0.2) is 0 Å². The van der Waals surface area contributed by atoms with Crippen molar-refractivity contribution in [2.24, 2.45) is 0 Å². The molecule has 4 N–H and O–H groups in total. The first-order valence-corrected chi connectivity index (χ1v) is 7.51. The lowest BCUT2D eigenvalue weighted by atomic mass is 10.0. The van der Waals surface area contributed by atoms with Gasteiger partial charge in [0.05, 0.1) is 25.7 Å². The summed E-state index contributed by atoms with van der Waals surface area (Å²) in [6, 6.07) is 6.73. The van der Waals surface area contributed by atoms with Crippen molar-refractivity contribution in [3.05, 3.63) is 48.3 Å². The van der Waals surface area contributed by atoms with Crippen LogP contribution in [0.2, 0.25) is 0 Å². The van der Waals surface area contributed by atoms with Gasteiger partial charge in [0, 0.05) is 0 Å². The molecule has 2 aromatic rings. The largest absolute Gasteiger partial charge is 0.467 e. The van der Waals surface area contributed by atoms with Crippen LogP contribution >= 0.6 is 0 Å². The van der Waals surface area contributed by atoms with Gasteiger partial charge < -0.3 is 38.7 Å². The molecule has 4 unspecified atom stereocenters. The normalized spacial score (nSPS) is 16.7. The summed E-state index contributed by atoms with van der Waals surface area (Å²) < 4.78 is 21.1. The summed E-state index contributed by atoms with van der Waals surface area (Å²) in [5.74, 6) is 1.02. The monoisotopic (exact) mass is 342 g/mol. The van der Waals surface area contributed by atoms with Crippen LogP contribution in [0.4, 0.5) is 0 Å². The molecule has 0 aliphatic rings. The first-order valence-electron chi connectivity index (χ1n) is 7.51. The van der Waals surface area contributed by atoms with Crippen LogP contribution in [-0.4, -0.2) is 58.1 Å². The number of hydrogen-bond donors (Lipinski definition) is 4. The molecular formula is C16H22O8. The average molecular weight is 342 g/mol. The van der Waals surface area contributed by atoms with Gasteiger partial charge in [0.1, 0.15) is 49.2 Å². The third-order valence-electron chi connectivity index (χ3n) is 3.48. The highest BCUT2D eigenvalue weighted by Gasteiger charge is 2.34. The van der Waals surface area contributed by atoms with Gasteiger partial charge in [0.2, 0.25) is 0 Å². The van der Waals surface area contributed by atoms with Crippen LogP contribution in [0.3, 0.4) is 0 Å². The van der Waals surface area contributed by atoms with E-state index in [0.29, 0.717) is 11.5 Å². The average Bonchev–Trinajstić information content (AvgIpc) is 3.28. The second kappa shape index (κ2) is 9.58. The van der Waals surface area contributed by atoms with Crippen molar-refractivity contribution >= 4 is 0 Å². The molecule has 0 radical (unpaired) electrons. The maximum Gasteiger partial charge on any atom is 0.129 e. The van der Waals surface area contributed by atoms with Gasteiger partial charge in [-0.1, -0.05) is 0 Å². The Labute approximate surface area is 138 Å². The number of rotatable bonds is 11. The summed E-state index contributed by atoms with van der Waals surface area (Å²) in [6.45, 7) is -1.09. The van der Waals surface area contributed by atoms with Crippen molar-refractivity contribution in [3.8, 4) is 0 Å². The lowest BCUT2D eigenvalue weighted by Gasteiger charge is -2.31. The van der Waals surface area contributed by atoms with Crippen molar-refractivity contribution < 1.29 is 38.7 Å². The molecule has 2 rings (SSSR count). The van der Waals surface area contributed by atoms with Gasteiger partial charge >= 0.3 is 0 Å². The Morgan fingerprint density at radius 1 is 0.875 bits per heavy atom. The van der Waals surface area contributed by atoms with Gasteiger partial charge in [-0.2, -0.15) is 0 Å². The van der Waals surface area contributed by atoms with Gasteiger partial charge in [0.15, 0.2) is 0 Å². The predicted molar refractivity (Wildman–Crippen MR) is 80.8 cm³/mol. The minimum Gasteiger partial charge on any atom is -0.467 e. The second-order valence-corrected chi connectivity index (χ2v) is 5.21. The summed E-state index contributed by atoms with van der Waals surface area (Å²) in [7, 11) is 0. The smallest absolute Gasteiger partial charge is 0.129 e. The number of aliphatic hydroxyl groups is 4. The molecule has 0 aliphatic heterocycles. The van der Waals surface area contributed by atoms with Crippen molar-refractivity contribution in [1.29, 1.82) is 0 Å². The van der Waals surface area contributed by atoms with Gasteiger partial charge in [0.25, 0.3) is 0 Å². The number of ether oxygens (including phenoxy) is 2. The molecule has 0 spiro atoms. The van der Waals surface area contributed by atoms with Crippen LogP contribution in [0.15, 0.2) is 45.6 Å². The van der Waals surface area contributed by atoms with E-state index in [0.717, 1.165) is 0 Å². The van der Waals surface area contributed by atoms with Crippen LogP contribution < -0.4 is 0 Å². The van der Waals surface area contributed by atoms with Gasteiger partial charge in [-0.3, -0.25) is 0 Å². The molecule has 4 atom stereocenters. The first-order chi connectivity index (χ1) is 11.7. The summed E-state index contributed by atoms with van der Waals surface area (Å²) in [5.41, 5.74) is 0. The van der Waals surface area contributed by atoms with Crippen LogP contribution in [0, 0.1) is 0 Å². The Balaban J connectivity index is 1.96. The molecule has 0 aliphatic carbocycles. The maximum atomic E-state index is 10.4. The van der Waals surface area contributed by atoms with E-state index in [9.17, 15) is 15.3 Å². The molecule has 0 aromatic carbocycles. The maximum absolute atomic E-state index is 10.4. The standard InChI is InChI=1S/C16H22O8/c17-7-13(19)16(24-10-12-4-2-6-22-12)15(20)14(8-18)23-9-11-3-1-5-21-11/h1-6,13-20H,7-10H2. The third kappa shape index (κ3) is 5.17. The van der Waals surface area contributed by atoms with Gasteiger partial charge in [-0.15, -0.1) is 0 Å². The molecule has 134 valence electrons. The summed E-state index contributed by atoms with van der Waals surface area (Å²) >= 11 is 0. The molecule has 0 amide bonds. The Bertz CT molecular complexity index is 538. The third-order valence-corrected chi connectivity index (χ3v) is 3.48. The zero-order valence-electron chi connectivity index (χ0n) is 13.0. The van der Waals surface area contributed by atoms with E-state index in [1.54, 1.807) is 24.3 Å². The first kappa shape index (κ1) is 18.7. The van der Waals surface area contributed by atoms with E-state index in [1.165, 1.54) is 12.5 Å². The summed E-state index contributed by atoms with van der Waals surface area (Å²) in [6.07, 6.45) is -1.98. The van der Waals surface area contributed by atoms with E-state index in [1.807, 2.05) is 0 Å². The number of hydrogen-bond acceptors (Lipinski definition) is 8. The quantitative estimate of drug-likeness (QED) is 0.451. The molecular weight excluding hydrogens is 320 g/mol. The molecule has 8 nitrogen and oxygen atoms in total. The van der Waals surface area contributed by atoms with E-state index in [-0.39, 0.29) is 13.2 Å². The number of furan rings is 2. The Morgan fingerprint density at radius 2 is 1.46 bits per heavy atom. The van der Waals surface area contributed by atoms with E-state index in [2.05, 4.69) is 0 Å². The topological polar surface area (TPSA) is 126 Å². The fraction of sp³-hybridized carbons (Fsp3) is 0.500. The molecule has 0 bridgehead atoms. The number of aliphatic hydroxyl groups excluding tert-OH is 4. The molecule has 0 saturated carbocycles. The highest BCUT2D eigenvalue weighted by atomic mass is 16.5. The van der Waals surface area contributed by atoms with Crippen LogP contribution in [0.1, 0.15) is 11.5 Å². The Kier molecular flexibility index (Phi) is 7.44. The van der Waals surface area contributed by atoms with Crippen molar-refractivity contribution in [1.82, 2.24) is 0 Å². The Hall–Kier alpha value is -1.68. The van der Waals surface area contributed by atoms with Crippen LogP contribution in [-0.2, 0) is 22.7 Å². The SMILES string of the molecule is OCC(O)C(OCc1ccco1)C(O)C(CO)OCc1ccco1. The van der Waals surface area contributed by atoms with E-state index in [4.69, 9.17) is 23.4 Å². The molecule has 0 fully saturated rings. The molecule has 8 heteroatoms. The van der Waals surface area contributed by atoms with Gasteiger partial charge in [-0.05, 0) is 24.3 Å². The van der Waals surface area contributed by atoms with E-state index >= 15 is 0 Å². The highest BCUT2D eigenvalue weighted by molar-refractivity contribution is 4.97.